The summed E-state index contributed by atoms with van der Waals surface area (Å²) in [5.41, 5.74) is 1.90. The maximum Gasteiger partial charge on any atom is 0.336 e. The molecule has 2 rings (SSSR count). The number of carboxylic acids is 2. The van der Waals surface area contributed by atoms with Crippen molar-refractivity contribution in [2.24, 2.45) is 0 Å². The molecule has 2 N–H and O–H groups in total. The van der Waals surface area contributed by atoms with Gasteiger partial charge in [-0.3, -0.25) is 9.78 Å². The highest BCUT2D eigenvalue weighted by molar-refractivity contribution is 5.95. The lowest BCUT2D eigenvalue weighted by molar-refractivity contribution is -0.136. The molecule has 0 unspecified atom stereocenters. The Bertz CT molecular complexity index is 652. The molecule has 5 heteroatoms. The molecule has 1 aromatic carbocycles. The molecular formula is C15H13NO4. The molecule has 0 aliphatic carbocycles. The Hall–Kier alpha value is -2.69. The van der Waals surface area contributed by atoms with E-state index in [-0.39, 0.29) is 12.0 Å². The van der Waals surface area contributed by atoms with Gasteiger partial charge in [0.2, 0.25) is 0 Å². The monoisotopic (exact) mass is 271 g/mol. The Morgan fingerprint density at radius 3 is 2.50 bits per heavy atom. The quantitative estimate of drug-likeness (QED) is 0.872. The van der Waals surface area contributed by atoms with Crippen LogP contribution in [0.1, 0.15) is 22.3 Å². The van der Waals surface area contributed by atoms with Crippen molar-refractivity contribution in [3.05, 3.63) is 53.7 Å². The number of benzene rings is 1. The minimum absolute atomic E-state index is 0.0199. The Kier molecular flexibility index (Phi) is 4.10. The Labute approximate surface area is 115 Å². The molecule has 0 atom stereocenters. The summed E-state index contributed by atoms with van der Waals surface area (Å²) < 4.78 is 0. The zero-order chi connectivity index (χ0) is 14.5. The molecule has 0 radical (unpaired) electrons. The Balaban J connectivity index is 2.47. The zero-order valence-electron chi connectivity index (χ0n) is 10.6. The summed E-state index contributed by atoms with van der Waals surface area (Å²) in [6, 6.07) is 10.0. The lowest BCUT2D eigenvalue weighted by atomic mass is 9.98. The van der Waals surface area contributed by atoms with Crippen molar-refractivity contribution >= 4 is 11.9 Å². The van der Waals surface area contributed by atoms with Crippen LogP contribution >= 0.6 is 0 Å². The number of aliphatic carboxylic acids is 1. The van der Waals surface area contributed by atoms with Crippen LogP contribution in [0.2, 0.25) is 0 Å². The van der Waals surface area contributed by atoms with E-state index in [9.17, 15) is 14.7 Å². The third-order valence-corrected chi connectivity index (χ3v) is 2.91. The molecule has 0 aliphatic heterocycles. The van der Waals surface area contributed by atoms with Gasteiger partial charge in [0.15, 0.2) is 0 Å². The molecule has 0 fully saturated rings. The van der Waals surface area contributed by atoms with Gasteiger partial charge in [-0.2, -0.15) is 0 Å². The highest BCUT2D eigenvalue weighted by Crippen LogP contribution is 2.25. The highest BCUT2D eigenvalue weighted by Gasteiger charge is 2.15. The van der Waals surface area contributed by atoms with Crippen LogP contribution in [0.25, 0.3) is 11.3 Å². The second kappa shape index (κ2) is 5.97. The van der Waals surface area contributed by atoms with E-state index in [4.69, 9.17) is 5.11 Å². The van der Waals surface area contributed by atoms with Gasteiger partial charge in [0.05, 0.1) is 11.3 Å². The molecule has 0 amide bonds. The summed E-state index contributed by atoms with van der Waals surface area (Å²) in [5, 5.41) is 18.0. The third-order valence-electron chi connectivity index (χ3n) is 2.91. The maximum atomic E-state index is 11.3. The summed E-state index contributed by atoms with van der Waals surface area (Å²) in [7, 11) is 0. The van der Waals surface area contributed by atoms with Gasteiger partial charge in [0, 0.05) is 18.2 Å². The zero-order valence-corrected chi connectivity index (χ0v) is 10.6. The molecule has 0 saturated heterocycles. The molecular weight excluding hydrogens is 258 g/mol. The van der Waals surface area contributed by atoms with E-state index >= 15 is 0 Å². The van der Waals surface area contributed by atoms with Crippen LogP contribution in [-0.2, 0) is 11.2 Å². The fourth-order valence-electron chi connectivity index (χ4n) is 2.00. The molecule has 5 nitrogen and oxygen atoms in total. The highest BCUT2D eigenvalue weighted by atomic mass is 16.4. The third kappa shape index (κ3) is 3.00. The number of carboxylic acid groups (broad SMARTS) is 2. The summed E-state index contributed by atoms with van der Waals surface area (Å²) in [4.78, 5) is 26.1. The van der Waals surface area contributed by atoms with Crippen LogP contribution in [0, 0.1) is 0 Å². The average Bonchev–Trinajstić information content (AvgIpc) is 2.45. The minimum atomic E-state index is -1.03. The molecule has 0 spiro atoms. The number of aryl methyl sites for hydroxylation is 1. The van der Waals surface area contributed by atoms with Gasteiger partial charge >= 0.3 is 11.9 Å². The molecule has 20 heavy (non-hydrogen) atoms. The lowest BCUT2D eigenvalue weighted by Crippen LogP contribution is -2.04. The summed E-state index contributed by atoms with van der Waals surface area (Å²) >= 11 is 0. The smallest absolute Gasteiger partial charge is 0.336 e. The first-order valence-corrected chi connectivity index (χ1v) is 6.08. The normalized spacial score (nSPS) is 10.2. The van der Waals surface area contributed by atoms with Crippen molar-refractivity contribution < 1.29 is 19.8 Å². The van der Waals surface area contributed by atoms with Crippen LogP contribution in [0.15, 0.2) is 42.6 Å². The number of rotatable bonds is 5. The average molecular weight is 271 g/mol. The predicted molar refractivity (Wildman–Crippen MR) is 72.6 cm³/mol. The summed E-state index contributed by atoms with van der Waals surface area (Å²) in [6.07, 6.45) is 1.86. The second-order valence-electron chi connectivity index (χ2n) is 4.26. The van der Waals surface area contributed by atoms with E-state index in [0.717, 1.165) is 5.56 Å². The number of pyridine rings is 1. The van der Waals surface area contributed by atoms with Crippen LogP contribution < -0.4 is 0 Å². The van der Waals surface area contributed by atoms with Crippen LogP contribution in [-0.4, -0.2) is 27.1 Å². The number of hydrogen-bond donors (Lipinski definition) is 2. The lowest BCUT2D eigenvalue weighted by Gasteiger charge is -2.10. The van der Waals surface area contributed by atoms with Gasteiger partial charge in [0.1, 0.15) is 0 Å². The molecule has 0 bridgehead atoms. The Morgan fingerprint density at radius 2 is 1.80 bits per heavy atom. The standard InChI is InChI=1S/C15H13NO4/c17-13(18)8-7-10-4-3-9-16-14(10)11-5-1-2-6-12(11)15(19)20/h1-6,9H,7-8H2,(H,17,18)(H,19,20). The first-order chi connectivity index (χ1) is 9.59. The largest absolute Gasteiger partial charge is 0.481 e. The fourth-order valence-corrected chi connectivity index (χ4v) is 2.00. The van der Waals surface area contributed by atoms with Crippen molar-refractivity contribution in [2.45, 2.75) is 12.8 Å². The number of aromatic nitrogens is 1. The van der Waals surface area contributed by atoms with Gasteiger partial charge in [0.25, 0.3) is 0 Å². The summed E-state index contributed by atoms with van der Waals surface area (Å²) in [5.74, 6) is -1.93. The van der Waals surface area contributed by atoms with Gasteiger partial charge in [-0.25, -0.2) is 4.79 Å². The van der Waals surface area contributed by atoms with E-state index < -0.39 is 11.9 Å². The fraction of sp³-hybridized carbons (Fsp3) is 0.133. The van der Waals surface area contributed by atoms with Crippen LogP contribution in [0.4, 0.5) is 0 Å². The van der Waals surface area contributed by atoms with E-state index in [1.54, 1.807) is 36.5 Å². The van der Waals surface area contributed by atoms with E-state index in [2.05, 4.69) is 4.98 Å². The number of hydrogen-bond acceptors (Lipinski definition) is 3. The number of nitrogens with zero attached hydrogens (tertiary/aromatic N) is 1. The van der Waals surface area contributed by atoms with Crippen molar-refractivity contribution in [1.29, 1.82) is 0 Å². The van der Waals surface area contributed by atoms with Gasteiger partial charge in [-0.05, 0) is 24.1 Å². The maximum absolute atomic E-state index is 11.3. The molecule has 1 aromatic heterocycles. The van der Waals surface area contributed by atoms with Gasteiger partial charge in [-0.1, -0.05) is 24.3 Å². The van der Waals surface area contributed by atoms with Crippen molar-refractivity contribution in [3.63, 3.8) is 0 Å². The van der Waals surface area contributed by atoms with E-state index in [0.29, 0.717) is 17.7 Å². The van der Waals surface area contributed by atoms with Gasteiger partial charge in [-0.15, -0.1) is 0 Å². The van der Waals surface area contributed by atoms with Crippen molar-refractivity contribution in [1.82, 2.24) is 4.98 Å². The topological polar surface area (TPSA) is 87.5 Å². The van der Waals surface area contributed by atoms with E-state index in [1.807, 2.05) is 0 Å². The molecule has 102 valence electrons. The first-order valence-electron chi connectivity index (χ1n) is 6.08. The SMILES string of the molecule is O=C(O)CCc1cccnc1-c1ccccc1C(=O)O. The van der Waals surface area contributed by atoms with E-state index in [1.165, 1.54) is 6.07 Å². The minimum Gasteiger partial charge on any atom is -0.481 e. The number of carbonyl (C=O) groups is 2. The molecule has 0 saturated carbocycles. The van der Waals surface area contributed by atoms with Gasteiger partial charge < -0.3 is 10.2 Å². The van der Waals surface area contributed by atoms with Crippen molar-refractivity contribution in [2.75, 3.05) is 0 Å². The van der Waals surface area contributed by atoms with Crippen LogP contribution in [0.3, 0.4) is 0 Å². The Morgan fingerprint density at radius 1 is 1.05 bits per heavy atom. The molecule has 0 aliphatic rings. The molecule has 2 aromatic rings. The summed E-state index contributed by atoms with van der Waals surface area (Å²) in [6.45, 7) is 0. The van der Waals surface area contributed by atoms with Crippen molar-refractivity contribution in [3.8, 4) is 11.3 Å². The second-order valence-corrected chi connectivity index (χ2v) is 4.26. The van der Waals surface area contributed by atoms with Crippen LogP contribution in [0.5, 0.6) is 0 Å². The number of aromatic carboxylic acids is 1. The predicted octanol–water partition coefficient (Wildman–Crippen LogP) is 2.46. The first kappa shape index (κ1) is 13.7. The molecule has 1 heterocycles.